The zero-order valence-electron chi connectivity index (χ0n) is 10.9. The lowest BCUT2D eigenvalue weighted by Gasteiger charge is -2.17. The van der Waals surface area contributed by atoms with E-state index in [0.29, 0.717) is 18.0 Å². The van der Waals surface area contributed by atoms with Crippen LogP contribution in [0.15, 0.2) is 24.3 Å². The number of hydrogen-bond acceptors (Lipinski definition) is 2. The molecular formula is C14H22N2O. The molecule has 1 aromatic carbocycles. The number of hydrogen-bond donors (Lipinski definition) is 2. The Bertz CT molecular complexity index is 374. The van der Waals surface area contributed by atoms with Gasteiger partial charge >= 0.3 is 0 Å². The molecule has 0 saturated carbocycles. The molecule has 1 atom stereocenters. The van der Waals surface area contributed by atoms with Gasteiger partial charge in [0, 0.05) is 11.6 Å². The topological polar surface area (TPSA) is 55.1 Å². The molecule has 0 fully saturated rings. The van der Waals surface area contributed by atoms with Gasteiger partial charge in [-0.25, -0.2) is 0 Å². The fourth-order valence-electron chi connectivity index (χ4n) is 1.49. The van der Waals surface area contributed by atoms with Crippen LogP contribution in [0.3, 0.4) is 0 Å². The molecule has 0 heterocycles. The molecule has 0 aromatic heterocycles. The Morgan fingerprint density at radius 1 is 1.35 bits per heavy atom. The quantitative estimate of drug-likeness (QED) is 0.818. The Hall–Kier alpha value is -1.35. The van der Waals surface area contributed by atoms with Crippen molar-refractivity contribution in [2.45, 2.75) is 33.2 Å². The second-order valence-corrected chi connectivity index (χ2v) is 4.75. The number of amides is 1. The summed E-state index contributed by atoms with van der Waals surface area (Å²) in [5.74, 6) is 0.427. The van der Waals surface area contributed by atoms with Crippen molar-refractivity contribution in [3.63, 3.8) is 0 Å². The number of benzene rings is 1. The number of carbonyl (C=O) groups is 1. The van der Waals surface area contributed by atoms with E-state index in [2.05, 4.69) is 19.2 Å². The fraction of sp³-hybridized carbons (Fsp3) is 0.500. The normalized spacial score (nSPS) is 12.5. The van der Waals surface area contributed by atoms with E-state index in [4.69, 9.17) is 5.73 Å². The summed E-state index contributed by atoms with van der Waals surface area (Å²) in [7, 11) is 0. The zero-order chi connectivity index (χ0) is 12.8. The van der Waals surface area contributed by atoms with Gasteiger partial charge in [0.05, 0.1) is 0 Å². The van der Waals surface area contributed by atoms with Crippen molar-refractivity contribution in [3.05, 3.63) is 35.4 Å². The van der Waals surface area contributed by atoms with Gasteiger partial charge < -0.3 is 11.1 Å². The second kappa shape index (κ2) is 6.40. The Labute approximate surface area is 103 Å². The molecule has 0 saturated heterocycles. The minimum absolute atomic E-state index is 0.00919. The molecule has 17 heavy (non-hydrogen) atoms. The highest BCUT2D eigenvalue weighted by Crippen LogP contribution is 2.07. The Kier molecular flexibility index (Phi) is 5.16. The van der Waals surface area contributed by atoms with Gasteiger partial charge in [0.2, 0.25) is 0 Å². The van der Waals surface area contributed by atoms with E-state index in [1.54, 1.807) is 0 Å². The van der Waals surface area contributed by atoms with Gasteiger partial charge in [0.25, 0.3) is 5.91 Å². The monoisotopic (exact) mass is 234 g/mol. The minimum atomic E-state index is -0.00919. The summed E-state index contributed by atoms with van der Waals surface area (Å²) < 4.78 is 0. The van der Waals surface area contributed by atoms with Gasteiger partial charge in [0.1, 0.15) is 0 Å². The smallest absolute Gasteiger partial charge is 0.251 e. The van der Waals surface area contributed by atoms with Gasteiger partial charge in [0.15, 0.2) is 0 Å². The molecule has 1 rings (SSSR count). The SMILES string of the molecule is CC(C)C(C)NC(=O)c1cccc(CCN)c1. The van der Waals surface area contributed by atoms with E-state index in [9.17, 15) is 4.79 Å². The van der Waals surface area contributed by atoms with E-state index in [1.165, 1.54) is 0 Å². The Morgan fingerprint density at radius 2 is 2.06 bits per heavy atom. The van der Waals surface area contributed by atoms with Crippen LogP contribution in [0.5, 0.6) is 0 Å². The molecule has 0 aliphatic rings. The molecule has 0 aliphatic heterocycles. The molecule has 3 heteroatoms. The van der Waals surface area contributed by atoms with Crippen LogP contribution in [0, 0.1) is 5.92 Å². The molecular weight excluding hydrogens is 212 g/mol. The van der Waals surface area contributed by atoms with Crippen LogP contribution in [0.25, 0.3) is 0 Å². The van der Waals surface area contributed by atoms with Crippen molar-refractivity contribution < 1.29 is 4.79 Å². The summed E-state index contributed by atoms with van der Waals surface area (Å²) in [5, 5.41) is 2.99. The maximum Gasteiger partial charge on any atom is 0.251 e. The first-order valence-corrected chi connectivity index (χ1v) is 6.14. The predicted octanol–water partition coefficient (Wildman–Crippen LogP) is 1.96. The lowest BCUT2D eigenvalue weighted by molar-refractivity contribution is 0.0930. The third-order valence-corrected chi connectivity index (χ3v) is 2.98. The maximum atomic E-state index is 12.0. The molecule has 0 aliphatic carbocycles. The number of nitrogens with two attached hydrogens (primary N) is 1. The first-order chi connectivity index (χ1) is 8.04. The fourth-order valence-corrected chi connectivity index (χ4v) is 1.49. The van der Waals surface area contributed by atoms with Crippen LogP contribution in [-0.4, -0.2) is 18.5 Å². The standard InChI is InChI=1S/C14H22N2O/c1-10(2)11(3)16-14(17)13-6-4-5-12(9-13)7-8-15/h4-6,9-11H,7-8,15H2,1-3H3,(H,16,17). The van der Waals surface area contributed by atoms with Gasteiger partial charge in [-0.05, 0) is 43.5 Å². The van der Waals surface area contributed by atoms with Crippen LogP contribution >= 0.6 is 0 Å². The van der Waals surface area contributed by atoms with Crippen LogP contribution in [0.1, 0.15) is 36.7 Å². The summed E-state index contributed by atoms with van der Waals surface area (Å²) in [6.45, 7) is 6.81. The summed E-state index contributed by atoms with van der Waals surface area (Å²) in [5.41, 5.74) is 7.33. The lowest BCUT2D eigenvalue weighted by atomic mass is 10.0. The largest absolute Gasteiger partial charge is 0.349 e. The summed E-state index contributed by atoms with van der Waals surface area (Å²) in [6.07, 6.45) is 0.806. The zero-order valence-corrected chi connectivity index (χ0v) is 10.9. The lowest BCUT2D eigenvalue weighted by Crippen LogP contribution is -2.36. The molecule has 0 radical (unpaired) electrons. The van der Waals surface area contributed by atoms with Crippen molar-refractivity contribution in [1.82, 2.24) is 5.32 Å². The first-order valence-electron chi connectivity index (χ1n) is 6.14. The molecule has 94 valence electrons. The van der Waals surface area contributed by atoms with Gasteiger partial charge in [-0.15, -0.1) is 0 Å². The molecule has 1 aromatic rings. The van der Waals surface area contributed by atoms with Crippen LogP contribution in [0.4, 0.5) is 0 Å². The number of carbonyl (C=O) groups excluding carboxylic acids is 1. The second-order valence-electron chi connectivity index (χ2n) is 4.75. The number of rotatable bonds is 5. The van der Waals surface area contributed by atoms with Crippen molar-refractivity contribution in [2.75, 3.05) is 6.54 Å². The van der Waals surface area contributed by atoms with Crippen molar-refractivity contribution in [3.8, 4) is 0 Å². The molecule has 3 nitrogen and oxygen atoms in total. The summed E-state index contributed by atoms with van der Waals surface area (Å²) >= 11 is 0. The highest BCUT2D eigenvalue weighted by molar-refractivity contribution is 5.94. The van der Waals surface area contributed by atoms with Gasteiger partial charge in [-0.1, -0.05) is 26.0 Å². The third-order valence-electron chi connectivity index (χ3n) is 2.98. The average Bonchev–Trinajstić information content (AvgIpc) is 2.29. The van der Waals surface area contributed by atoms with Crippen LogP contribution in [-0.2, 0) is 6.42 Å². The molecule has 3 N–H and O–H groups in total. The van der Waals surface area contributed by atoms with E-state index >= 15 is 0 Å². The molecule has 0 spiro atoms. The molecule has 1 amide bonds. The van der Waals surface area contributed by atoms with Crippen LogP contribution < -0.4 is 11.1 Å². The summed E-state index contributed by atoms with van der Waals surface area (Å²) in [4.78, 5) is 12.0. The third kappa shape index (κ3) is 4.19. The number of nitrogens with one attached hydrogen (secondary N) is 1. The first kappa shape index (κ1) is 13.7. The highest BCUT2D eigenvalue weighted by atomic mass is 16.1. The predicted molar refractivity (Wildman–Crippen MR) is 71.0 cm³/mol. The van der Waals surface area contributed by atoms with Crippen LogP contribution in [0.2, 0.25) is 0 Å². The van der Waals surface area contributed by atoms with Crippen molar-refractivity contribution in [2.24, 2.45) is 11.7 Å². The van der Waals surface area contributed by atoms with E-state index in [-0.39, 0.29) is 11.9 Å². The Morgan fingerprint density at radius 3 is 2.65 bits per heavy atom. The van der Waals surface area contributed by atoms with E-state index in [1.807, 2.05) is 31.2 Å². The summed E-state index contributed by atoms with van der Waals surface area (Å²) in [6, 6.07) is 7.83. The molecule has 1 unspecified atom stereocenters. The van der Waals surface area contributed by atoms with Gasteiger partial charge in [-0.3, -0.25) is 4.79 Å². The maximum absolute atomic E-state index is 12.0. The van der Waals surface area contributed by atoms with E-state index in [0.717, 1.165) is 12.0 Å². The van der Waals surface area contributed by atoms with Crippen molar-refractivity contribution >= 4 is 5.91 Å². The van der Waals surface area contributed by atoms with E-state index < -0.39 is 0 Å². The van der Waals surface area contributed by atoms with Gasteiger partial charge in [-0.2, -0.15) is 0 Å². The Balaban J connectivity index is 2.71. The minimum Gasteiger partial charge on any atom is -0.349 e. The average molecular weight is 234 g/mol. The highest BCUT2D eigenvalue weighted by Gasteiger charge is 2.12. The van der Waals surface area contributed by atoms with Crippen molar-refractivity contribution in [1.29, 1.82) is 0 Å². The molecule has 0 bridgehead atoms.